The van der Waals surface area contributed by atoms with Gasteiger partial charge in [0.25, 0.3) is 0 Å². The van der Waals surface area contributed by atoms with Gasteiger partial charge in [0.05, 0.1) is 18.7 Å². The van der Waals surface area contributed by atoms with Crippen LogP contribution in [0.25, 0.3) is 0 Å². The molecule has 0 aliphatic heterocycles. The van der Waals surface area contributed by atoms with Crippen LogP contribution in [0.4, 0.5) is 0 Å². The van der Waals surface area contributed by atoms with Gasteiger partial charge in [0, 0.05) is 5.56 Å². The fraction of sp³-hybridized carbons (Fsp3) is 0.231. The van der Waals surface area contributed by atoms with Crippen molar-refractivity contribution in [2.75, 3.05) is 21.2 Å². The van der Waals surface area contributed by atoms with E-state index in [0.717, 1.165) is 11.3 Å². The summed E-state index contributed by atoms with van der Waals surface area (Å²) in [5.41, 5.74) is 2.65. The molecule has 0 saturated heterocycles. The van der Waals surface area contributed by atoms with E-state index >= 15 is 0 Å². The van der Waals surface area contributed by atoms with Crippen molar-refractivity contribution in [3.8, 4) is 0 Å². The number of nitrogens with zero attached hydrogens (tertiary/aromatic N) is 1. The second-order valence-corrected chi connectivity index (χ2v) is 3.87. The van der Waals surface area contributed by atoms with Gasteiger partial charge in [-0.05, 0) is 6.07 Å². The smallest absolute Gasteiger partial charge is 0.228 e. The molecule has 0 saturated carbocycles. The van der Waals surface area contributed by atoms with E-state index in [1.165, 1.54) is 7.11 Å². The molecule has 1 aliphatic carbocycles. The molecule has 0 aromatic heterocycles. The highest BCUT2D eigenvalue weighted by atomic mass is 16.5. The summed E-state index contributed by atoms with van der Waals surface area (Å²) in [6.07, 6.45) is 1.78. The Balaban J connectivity index is 2.70. The summed E-state index contributed by atoms with van der Waals surface area (Å²) >= 11 is 0. The van der Waals surface area contributed by atoms with Gasteiger partial charge in [-0.25, -0.2) is 4.58 Å². The van der Waals surface area contributed by atoms with E-state index in [0.29, 0.717) is 11.3 Å². The van der Waals surface area contributed by atoms with Crippen LogP contribution in [0.3, 0.4) is 0 Å². The SMILES string of the molecule is COC1=CC(=[N+](C)C)c2ccccc2C1=O. The van der Waals surface area contributed by atoms with Gasteiger partial charge in [-0.3, -0.25) is 4.79 Å². The molecule has 0 unspecified atom stereocenters. The predicted molar refractivity (Wildman–Crippen MR) is 62.1 cm³/mol. The van der Waals surface area contributed by atoms with Crippen LogP contribution in [0.1, 0.15) is 15.9 Å². The lowest BCUT2D eigenvalue weighted by Gasteiger charge is -2.14. The van der Waals surface area contributed by atoms with E-state index in [4.69, 9.17) is 4.74 Å². The topological polar surface area (TPSA) is 29.3 Å². The van der Waals surface area contributed by atoms with Crippen LogP contribution in [-0.2, 0) is 4.74 Å². The molecule has 0 atom stereocenters. The number of rotatable bonds is 1. The van der Waals surface area contributed by atoms with E-state index < -0.39 is 0 Å². The number of hydrogen-bond acceptors (Lipinski definition) is 2. The third-order valence-corrected chi connectivity index (χ3v) is 2.64. The number of allylic oxidation sites excluding steroid dienone is 2. The van der Waals surface area contributed by atoms with E-state index in [1.54, 1.807) is 6.08 Å². The minimum atomic E-state index is -0.0521. The standard InChI is InChI=1S/C13H14NO2/c1-14(2)11-8-12(16-3)13(15)10-7-5-4-6-9(10)11/h4-8H,1-3H3/q+1. The zero-order valence-electron chi connectivity index (χ0n) is 9.65. The van der Waals surface area contributed by atoms with Gasteiger partial charge in [-0.1, -0.05) is 18.2 Å². The van der Waals surface area contributed by atoms with Crippen LogP contribution in [0.15, 0.2) is 36.1 Å². The maximum atomic E-state index is 12.0. The number of carbonyl (C=O) groups is 1. The highest BCUT2D eigenvalue weighted by molar-refractivity contribution is 6.23. The number of carbonyl (C=O) groups excluding carboxylic acids is 1. The summed E-state index contributed by atoms with van der Waals surface area (Å²) in [6, 6.07) is 7.57. The number of hydrogen-bond donors (Lipinski definition) is 0. The molecule has 3 heteroatoms. The molecule has 0 bridgehead atoms. The summed E-state index contributed by atoms with van der Waals surface area (Å²) in [4.78, 5) is 12.0. The maximum Gasteiger partial charge on any atom is 0.228 e. The molecule has 0 N–H and O–H groups in total. The maximum absolute atomic E-state index is 12.0. The average Bonchev–Trinajstić information content (AvgIpc) is 2.29. The molecule has 0 radical (unpaired) electrons. The minimum absolute atomic E-state index is 0.0521. The zero-order valence-corrected chi connectivity index (χ0v) is 9.65. The van der Waals surface area contributed by atoms with Gasteiger partial charge in [-0.15, -0.1) is 0 Å². The predicted octanol–water partition coefficient (Wildman–Crippen LogP) is 1.47. The molecule has 0 amide bonds. The van der Waals surface area contributed by atoms with Crippen LogP contribution >= 0.6 is 0 Å². The van der Waals surface area contributed by atoms with Gasteiger partial charge in [0.1, 0.15) is 14.1 Å². The first-order chi connectivity index (χ1) is 7.65. The Morgan fingerprint density at radius 3 is 2.31 bits per heavy atom. The molecule has 16 heavy (non-hydrogen) atoms. The third kappa shape index (κ3) is 1.54. The van der Waals surface area contributed by atoms with Crippen LogP contribution in [-0.4, -0.2) is 37.3 Å². The van der Waals surface area contributed by atoms with Gasteiger partial charge in [-0.2, -0.15) is 0 Å². The first-order valence-corrected chi connectivity index (χ1v) is 5.09. The van der Waals surface area contributed by atoms with Crippen molar-refractivity contribution in [2.45, 2.75) is 0 Å². The Morgan fingerprint density at radius 1 is 1.12 bits per heavy atom. The van der Waals surface area contributed by atoms with Gasteiger partial charge in [0.15, 0.2) is 5.76 Å². The highest BCUT2D eigenvalue weighted by Crippen LogP contribution is 2.21. The Bertz CT molecular complexity index is 508. The third-order valence-electron chi connectivity index (χ3n) is 2.64. The second kappa shape index (κ2) is 3.93. The molecule has 82 valence electrons. The molecule has 1 aromatic rings. The number of benzene rings is 1. The molecule has 1 aliphatic rings. The normalized spacial score (nSPS) is 14.3. The van der Waals surface area contributed by atoms with Gasteiger partial charge in [0.2, 0.25) is 11.5 Å². The van der Waals surface area contributed by atoms with Crippen molar-refractivity contribution in [1.29, 1.82) is 0 Å². The molecule has 2 rings (SSSR count). The summed E-state index contributed by atoms with van der Waals surface area (Å²) < 4.78 is 7.08. The molecule has 0 fully saturated rings. The number of ether oxygens (including phenoxy) is 1. The Hall–Kier alpha value is -1.90. The molecular weight excluding hydrogens is 202 g/mol. The summed E-state index contributed by atoms with van der Waals surface area (Å²) in [5, 5.41) is 0. The quantitative estimate of drug-likeness (QED) is 0.665. The monoisotopic (exact) mass is 216 g/mol. The van der Waals surface area contributed by atoms with Crippen molar-refractivity contribution >= 4 is 11.5 Å². The minimum Gasteiger partial charge on any atom is -0.492 e. The molecule has 0 spiro atoms. The summed E-state index contributed by atoms with van der Waals surface area (Å²) in [6.45, 7) is 0. The van der Waals surface area contributed by atoms with Crippen molar-refractivity contribution < 1.29 is 14.1 Å². The molecule has 0 heterocycles. The fourth-order valence-corrected chi connectivity index (χ4v) is 1.83. The lowest BCUT2D eigenvalue weighted by atomic mass is 9.93. The van der Waals surface area contributed by atoms with Crippen molar-refractivity contribution in [3.05, 3.63) is 47.2 Å². The lowest BCUT2D eigenvalue weighted by molar-refractivity contribution is -0.463. The van der Waals surface area contributed by atoms with E-state index in [9.17, 15) is 4.79 Å². The largest absolute Gasteiger partial charge is 0.492 e. The second-order valence-electron chi connectivity index (χ2n) is 3.87. The Labute approximate surface area is 94.7 Å². The Kier molecular flexibility index (Phi) is 2.60. The fourth-order valence-electron chi connectivity index (χ4n) is 1.83. The highest BCUT2D eigenvalue weighted by Gasteiger charge is 2.28. The van der Waals surface area contributed by atoms with E-state index in [1.807, 2.05) is 42.9 Å². The van der Waals surface area contributed by atoms with Crippen LogP contribution in [0.2, 0.25) is 0 Å². The first-order valence-electron chi connectivity index (χ1n) is 5.09. The van der Waals surface area contributed by atoms with Crippen LogP contribution in [0, 0.1) is 0 Å². The number of methoxy groups -OCH3 is 1. The van der Waals surface area contributed by atoms with E-state index in [-0.39, 0.29) is 5.78 Å². The van der Waals surface area contributed by atoms with Gasteiger partial charge >= 0.3 is 0 Å². The van der Waals surface area contributed by atoms with Crippen molar-refractivity contribution in [2.24, 2.45) is 0 Å². The lowest BCUT2D eigenvalue weighted by Crippen LogP contribution is -2.23. The zero-order chi connectivity index (χ0) is 11.7. The summed E-state index contributed by atoms with van der Waals surface area (Å²) in [5.74, 6) is 0.339. The molecule has 3 nitrogen and oxygen atoms in total. The van der Waals surface area contributed by atoms with Crippen molar-refractivity contribution in [1.82, 2.24) is 0 Å². The number of fused-ring (bicyclic) bond motifs is 1. The molecular formula is C13H14NO2+. The van der Waals surface area contributed by atoms with Gasteiger partial charge < -0.3 is 4.74 Å². The van der Waals surface area contributed by atoms with Crippen LogP contribution in [0.5, 0.6) is 0 Å². The number of Topliss-reactive ketones (excluding diaryl/α,β-unsaturated/α-hetero) is 1. The van der Waals surface area contributed by atoms with Crippen LogP contribution < -0.4 is 0 Å². The molecule has 1 aromatic carbocycles. The summed E-state index contributed by atoms with van der Waals surface area (Å²) in [7, 11) is 5.42. The number of ketones is 1. The Morgan fingerprint density at radius 2 is 1.75 bits per heavy atom. The first kappa shape index (κ1) is 10.6. The van der Waals surface area contributed by atoms with E-state index in [2.05, 4.69) is 0 Å². The average molecular weight is 216 g/mol. The van der Waals surface area contributed by atoms with Crippen molar-refractivity contribution in [3.63, 3.8) is 0 Å².